The number of aliphatic hydroxyl groups excluding tert-OH is 1. The summed E-state index contributed by atoms with van der Waals surface area (Å²) in [4.78, 5) is 1.36. The van der Waals surface area contributed by atoms with Crippen LogP contribution in [0.5, 0.6) is 0 Å². The fourth-order valence-corrected chi connectivity index (χ4v) is 3.73. The molecule has 3 rings (SSSR count). The molecule has 0 amide bonds. The summed E-state index contributed by atoms with van der Waals surface area (Å²) in [5.74, 6) is 0. The lowest BCUT2D eigenvalue weighted by atomic mass is 9.91. The van der Waals surface area contributed by atoms with E-state index < -0.39 is 0 Å². The van der Waals surface area contributed by atoms with Crippen LogP contribution >= 0.6 is 11.3 Å². The van der Waals surface area contributed by atoms with E-state index in [4.69, 9.17) is 0 Å². The van der Waals surface area contributed by atoms with Crippen molar-refractivity contribution in [1.29, 1.82) is 0 Å². The summed E-state index contributed by atoms with van der Waals surface area (Å²) in [5, 5.41) is 15.6. The van der Waals surface area contributed by atoms with E-state index in [0.29, 0.717) is 6.04 Å². The minimum atomic E-state index is -0.0926. The smallest absolute Gasteiger partial charge is 0.0673 e. The third kappa shape index (κ3) is 3.29. The third-order valence-corrected chi connectivity index (χ3v) is 5.00. The van der Waals surface area contributed by atoms with E-state index in [0.717, 1.165) is 25.7 Å². The van der Waals surface area contributed by atoms with E-state index in [1.165, 1.54) is 10.4 Å². The molecule has 1 heterocycles. The van der Waals surface area contributed by atoms with Crippen LogP contribution in [0, 0.1) is 0 Å². The SMILES string of the molecule is OC1CCC(NC(c2ccccc2)c2cccs2)CC1. The maximum absolute atomic E-state index is 9.64. The fourth-order valence-electron chi connectivity index (χ4n) is 2.92. The molecule has 0 saturated heterocycles. The molecule has 1 saturated carbocycles. The Labute approximate surface area is 124 Å². The van der Waals surface area contributed by atoms with Gasteiger partial charge in [-0.2, -0.15) is 0 Å². The van der Waals surface area contributed by atoms with Crippen molar-refractivity contribution in [2.24, 2.45) is 0 Å². The van der Waals surface area contributed by atoms with Gasteiger partial charge in [0, 0.05) is 10.9 Å². The molecule has 1 fully saturated rings. The van der Waals surface area contributed by atoms with Gasteiger partial charge in [-0.1, -0.05) is 36.4 Å². The third-order valence-electron chi connectivity index (χ3n) is 4.06. The van der Waals surface area contributed by atoms with Crippen molar-refractivity contribution in [3.8, 4) is 0 Å². The van der Waals surface area contributed by atoms with Gasteiger partial charge in [-0.05, 0) is 42.7 Å². The first-order chi connectivity index (χ1) is 9.83. The van der Waals surface area contributed by atoms with Crippen LogP contribution < -0.4 is 5.32 Å². The minimum absolute atomic E-state index is 0.0926. The number of thiophene rings is 1. The molecule has 0 spiro atoms. The fraction of sp³-hybridized carbons (Fsp3) is 0.412. The zero-order valence-electron chi connectivity index (χ0n) is 11.5. The van der Waals surface area contributed by atoms with Crippen molar-refractivity contribution in [3.63, 3.8) is 0 Å². The highest BCUT2D eigenvalue weighted by molar-refractivity contribution is 7.10. The molecule has 106 valence electrons. The Bertz CT molecular complexity index is 503. The second kappa shape index (κ2) is 6.53. The highest BCUT2D eigenvalue weighted by Crippen LogP contribution is 2.29. The Balaban J connectivity index is 1.77. The van der Waals surface area contributed by atoms with Crippen LogP contribution in [0.15, 0.2) is 47.8 Å². The van der Waals surface area contributed by atoms with Crippen molar-refractivity contribution in [2.45, 2.75) is 43.9 Å². The van der Waals surface area contributed by atoms with Crippen molar-refractivity contribution < 1.29 is 5.11 Å². The molecule has 20 heavy (non-hydrogen) atoms. The highest BCUT2D eigenvalue weighted by atomic mass is 32.1. The molecule has 3 heteroatoms. The van der Waals surface area contributed by atoms with Crippen molar-refractivity contribution in [2.75, 3.05) is 0 Å². The van der Waals surface area contributed by atoms with Gasteiger partial charge in [0.2, 0.25) is 0 Å². The van der Waals surface area contributed by atoms with Gasteiger partial charge in [0.25, 0.3) is 0 Å². The predicted octanol–water partition coefficient (Wildman–Crippen LogP) is 3.73. The van der Waals surface area contributed by atoms with Crippen molar-refractivity contribution in [1.82, 2.24) is 5.32 Å². The van der Waals surface area contributed by atoms with Crippen molar-refractivity contribution in [3.05, 3.63) is 58.3 Å². The Morgan fingerprint density at radius 2 is 1.75 bits per heavy atom. The second-order valence-corrected chi connectivity index (χ2v) is 6.51. The molecule has 2 aromatic rings. The summed E-state index contributed by atoms with van der Waals surface area (Å²) < 4.78 is 0. The van der Waals surface area contributed by atoms with E-state index in [1.54, 1.807) is 11.3 Å². The van der Waals surface area contributed by atoms with Gasteiger partial charge in [-0.15, -0.1) is 11.3 Å². The largest absolute Gasteiger partial charge is 0.393 e. The lowest BCUT2D eigenvalue weighted by Gasteiger charge is -2.30. The van der Waals surface area contributed by atoms with Crippen LogP contribution in [-0.4, -0.2) is 17.3 Å². The Hall–Kier alpha value is -1.16. The summed E-state index contributed by atoms with van der Waals surface area (Å²) in [6, 6.07) is 15.7. The summed E-state index contributed by atoms with van der Waals surface area (Å²) >= 11 is 1.80. The van der Waals surface area contributed by atoms with Gasteiger partial charge in [0.1, 0.15) is 0 Å². The van der Waals surface area contributed by atoms with Gasteiger partial charge >= 0.3 is 0 Å². The van der Waals surface area contributed by atoms with Crippen LogP contribution in [0.25, 0.3) is 0 Å². The molecular formula is C17H21NOS. The molecule has 1 unspecified atom stereocenters. The number of hydrogen-bond donors (Lipinski definition) is 2. The number of nitrogens with one attached hydrogen (secondary N) is 1. The van der Waals surface area contributed by atoms with E-state index in [2.05, 4.69) is 53.2 Å². The highest BCUT2D eigenvalue weighted by Gasteiger charge is 2.23. The molecule has 0 radical (unpaired) electrons. The van der Waals surface area contributed by atoms with Gasteiger partial charge in [0.15, 0.2) is 0 Å². The van der Waals surface area contributed by atoms with E-state index in [1.807, 2.05) is 0 Å². The van der Waals surface area contributed by atoms with Crippen LogP contribution in [0.3, 0.4) is 0 Å². The van der Waals surface area contributed by atoms with E-state index in [-0.39, 0.29) is 12.1 Å². The van der Waals surface area contributed by atoms with Gasteiger partial charge in [-0.25, -0.2) is 0 Å². The van der Waals surface area contributed by atoms with E-state index in [9.17, 15) is 5.11 Å². The molecule has 1 aliphatic rings. The molecule has 0 bridgehead atoms. The maximum atomic E-state index is 9.64. The summed E-state index contributed by atoms with van der Waals surface area (Å²) in [7, 11) is 0. The van der Waals surface area contributed by atoms with E-state index >= 15 is 0 Å². The summed E-state index contributed by atoms with van der Waals surface area (Å²) in [6.07, 6.45) is 3.88. The van der Waals surface area contributed by atoms with Crippen LogP contribution in [0.4, 0.5) is 0 Å². The average Bonchev–Trinajstić information content (AvgIpc) is 3.01. The molecule has 1 atom stereocenters. The maximum Gasteiger partial charge on any atom is 0.0673 e. The molecule has 0 aliphatic heterocycles. The Morgan fingerprint density at radius 1 is 1.00 bits per heavy atom. The first-order valence-corrected chi connectivity index (χ1v) is 8.23. The monoisotopic (exact) mass is 287 g/mol. The van der Waals surface area contributed by atoms with Crippen LogP contribution in [0.2, 0.25) is 0 Å². The van der Waals surface area contributed by atoms with Gasteiger partial charge in [0.05, 0.1) is 12.1 Å². The quantitative estimate of drug-likeness (QED) is 0.898. The van der Waals surface area contributed by atoms with Crippen LogP contribution in [0.1, 0.15) is 42.2 Å². The molecule has 1 aromatic heterocycles. The number of rotatable bonds is 4. The standard InChI is InChI=1S/C17H21NOS/c19-15-10-8-14(9-11-15)18-17(16-7-4-12-20-16)13-5-2-1-3-6-13/h1-7,12,14-15,17-19H,8-11H2. The Morgan fingerprint density at radius 3 is 2.40 bits per heavy atom. The zero-order chi connectivity index (χ0) is 13.8. The summed E-state index contributed by atoms with van der Waals surface area (Å²) in [5.41, 5.74) is 1.32. The topological polar surface area (TPSA) is 32.3 Å². The first-order valence-electron chi connectivity index (χ1n) is 7.35. The minimum Gasteiger partial charge on any atom is -0.393 e. The molecule has 1 aromatic carbocycles. The zero-order valence-corrected chi connectivity index (χ0v) is 12.4. The number of benzene rings is 1. The van der Waals surface area contributed by atoms with Gasteiger partial charge < -0.3 is 10.4 Å². The second-order valence-electron chi connectivity index (χ2n) is 5.53. The molecule has 1 aliphatic carbocycles. The number of hydrogen-bond acceptors (Lipinski definition) is 3. The molecule has 2 nitrogen and oxygen atoms in total. The average molecular weight is 287 g/mol. The summed E-state index contributed by atoms with van der Waals surface area (Å²) in [6.45, 7) is 0. The Kier molecular flexibility index (Phi) is 4.51. The molecule has 2 N–H and O–H groups in total. The van der Waals surface area contributed by atoms with Crippen LogP contribution in [-0.2, 0) is 0 Å². The predicted molar refractivity (Wildman–Crippen MR) is 84.0 cm³/mol. The van der Waals surface area contributed by atoms with Gasteiger partial charge in [-0.3, -0.25) is 0 Å². The normalized spacial score (nSPS) is 24.4. The first kappa shape index (κ1) is 13.8. The molecular weight excluding hydrogens is 266 g/mol. The number of aliphatic hydroxyl groups is 1. The lowest BCUT2D eigenvalue weighted by molar-refractivity contribution is 0.115. The lowest BCUT2D eigenvalue weighted by Crippen LogP contribution is -2.37. The van der Waals surface area contributed by atoms with Crippen molar-refractivity contribution >= 4 is 11.3 Å².